The van der Waals surface area contributed by atoms with Crippen LogP contribution >= 0.6 is 34.8 Å². The molecule has 0 aliphatic rings. The van der Waals surface area contributed by atoms with Gasteiger partial charge in [-0.3, -0.25) is 9.48 Å². The van der Waals surface area contributed by atoms with Gasteiger partial charge in [0, 0.05) is 28.0 Å². The van der Waals surface area contributed by atoms with Crippen molar-refractivity contribution in [2.24, 2.45) is 0 Å². The number of aromatic nitrogens is 4. The molecule has 4 rings (SSSR count). The zero-order chi connectivity index (χ0) is 21.8. The number of rotatable bonds is 7. The lowest BCUT2D eigenvalue weighted by Crippen LogP contribution is -2.14. The largest absolute Gasteiger partial charge is 0.470 e. The molecule has 0 unspecified atom stereocenters. The van der Waals surface area contributed by atoms with Crippen molar-refractivity contribution in [3.8, 4) is 5.75 Å². The molecule has 0 saturated heterocycles. The molecule has 2 aromatic heterocycles. The lowest BCUT2D eigenvalue weighted by Gasteiger charge is -2.07. The highest BCUT2D eigenvalue weighted by Crippen LogP contribution is 2.25. The Labute approximate surface area is 193 Å². The van der Waals surface area contributed by atoms with E-state index in [2.05, 4.69) is 15.5 Å². The van der Waals surface area contributed by atoms with Crippen LogP contribution in [-0.4, -0.2) is 25.5 Å². The van der Waals surface area contributed by atoms with Gasteiger partial charge >= 0.3 is 0 Å². The number of carbonyl (C=O) groups excluding carboxylic acids is 1. The molecule has 2 aromatic carbocycles. The van der Waals surface area contributed by atoms with Crippen LogP contribution < -0.4 is 10.1 Å². The fraction of sp³-hybridized carbons (Fsp3) is 0.0952. The van der Waals surface area contributed by atoms with E-state index in [-0.39, 0.29) is 18.3 Å². The smallest absolute Gasteiger partial charge is 0.276 e. The number of anilines is 1. The number of amides is 1. The van der Waals surface area contributed by atoms with Gasteiger partial charge in [-0.25, -0.2) is 4.68 Å². The quantitative estimate of drug-likeness (QED) is 0.389. The van der Waals surface area contributed by atoms with E-state index in [1.54, 1.807) is 59.7 Å². The van der Waals surface area contributed by atoms with Gasteiger partial charge in [-0.15, -0.1) is 0 Å². The van der Waals surface area contributed by atoms with Crippen LogP contribution in [-0.2, 0) is 13.3 Å². The molecule has 2 heterocycles. The molecule has 31 heavy (non-hydrogen) atoms. The van der Waals surface area contributed by atoms with Gasteiger partial charge < -0.3 is 10.1 Å². The van der Waals surface area contributed by atoms with Gasteiger partial charge in [-0.05, 0) is 30.3 Å². The SMILES string of the molecule is O=C(Nc1cnn(Cc2c(Cl)cccc2Cl)c1)c1ccn(COc2ccccc2Cl)n1. The van der Waals surface area contributed by atoms with Crippen LogP contribution in [0.3, 0.4) is 0 Å². The zero-order valence-electron chi connectivity index (χ0n) is 16.0. The molecule has 0 atom stereocenters. The van der Waals surface area contributed by atoms with Gasteiger partial charge in [-0.2, -0.15) is 10.2 Å². The number of para-hydroxylation sites is 1. The Morgan fingerprint density at radius 3 is 2.48 bits per heavy atom. The molecule has 0 radical (unpaired) electrons. The normalized spacial score (nSPS) is 10.8. The number of nitrogens with one attached hydrogen (secondary N) is 1. The molecule has 158 valence electrons. The van der Waals surface area contributed by atoms with Crippen molar-refractivity contribution in [2.75, 3.05) is 5.32 Å². The summed E-state index contributed by atoms with van der Waals surface area (Å²) in [5.74, 6) is 0.170. The second kappa shape index (κ2) is 9.43. The Balaban J connectivity index is 1.36. The highest BCUT2D eigenvalue weighted by molar-refractivity contribution is 6.36. The number of hydrogen-bond acceptors (Lipinski definition) is 4. The maximum atomic E-state index is 12.5. The van der Waals surface area contributed by atoms with Gasteiger partial charge in [0.2, 0.25) is 0 Å². The molecular weight excluding hydrogens is 461 g/mol. The zero-order valence-corrected chi connectivity index (χ0v) is 18.3. The Hall–Kier alpha value is -3.00. The van der Waals surface area contributed by atoms with Crippen LogP contribution in [0.2, 0.25) is 15.1 Å². The van der Waals surface area contributed by atoms with Crippen molar-refractivity contribution in [2.45, 2.75) is 13.3 Å². The van der Waals surface area contributed by atoms with Crippen LogP contribution in [0.15, 0.2) is 67.1 Å². The van der Waals surface area contributed by atoms with Gasteiger partial charge in [0.05, 0.1) is 23.5 Å². The minimum atomic E-state index is -0.369. The number of ether oxygens (including phenoxy) is 1. The van der Waals surface area contributed by atoms with E-state index in [9.17, 15) is 4.79 Å². The topological polar surface area (TPSA) is 74.0 Å². The molecular formula is C21H16Cl3N5O2. The predicted molar refractivity (Wildman–Crippen MR) is 120 cm³/mol. The molecule has 0 aliphatic carbocycles. The summed E-state index contributed by atoms with van der Waals surface area (Å²) in [5.41, 5.74) is 1.52. The first kappa shape index (κ1) is 21.2. The maximum Gasteiger partial charge on any atom is 0.276 e. The van der Waals surface area contributed by atoms with Crippen molar-refractivity contribution in [3.05, 3.63) is 93.4 Å². The Morgan fingerprint density at radius 1 is 0.968 bits per heavy atom. The molecule has 0 aliphatic heterocycles. The first-order chi connectivity index (χ1) is 15.0. The second-order valence-corrected chi connectivity index (χ2v) is 7.75. The number of hydrogen-bond donors (Lipinski definition) is 1. The molecule has 7 nitrogen and oxygen atoms in total. The van der Waals surface area contributed by atoms with Crippen molar-refractivity contribution in [1.29, 1.82) is 0 Å². The van der Waals surface area contributed by atoms with E-state index in [1.807, 2.05) is 12.1 Å². The molecule has 1 amide bonds. The predicted octanol–water partition coefficient (Wildman–Crippen LogP) is 5.38. The summed E-state index contributed by atoms with van der Waals surface area (Å²) in [6.07, 6.45) is 4.88. The number of halogens is 3. The fourth-order valence-electron chi connectivity index (χ4n) is 2.81. The van der Waals surface area contributed by atoms with Crippen molar-refractivity contribution < 1.29 is 9.53 Å². The molecule has 10 heteroatoms. The van der Waals surface area contributed by atoms with Gasteiger partial charge in [-0.1, -0.05) is 53.0 Å². The summed E-state index contributed by atoms with van der Waals surface area (Å²) >= 11 is 18.5. The third-order valence-corrected chi connectivity index (χ3v) is 5.36. The third kappa shape index (κ3) is 5.19. The van der Waals surface area contributed by atoms with Crippen LogP contribution in [0.25, 0.3) is 0 Å². The second-order valence-electron chi connectivity index (χ2n) is 6.53. The van der Waals surface area contributed by atoms with Crippen LogP contribution in [0, 0.1) is 0 Å². The first-order valence-corrected chi connectivity index (χ1v) is 10.3. The first-order valence-electron chi connectivity index (χ1n) is 9.17. The summed E-state index contributed by atoms with van der Waals surface area (Å²) in [7, 11) is 0. The summed E-state index contributed by atoms with van der Waals surface area (Å²) in [6.45, 7) is 0.496. The molecule has 0 saturated carbocycles. The van der Waals surface area contributed by atoms with Crippen molar-refractivity contribution >= 4 is 46.4 Å². The van der Waals surface area contributed by atoms with Crippen LogP contribution in [0.5, 0.6) is 5.75 Å². The minimum Gasteiger partial charge on any atom is -0.470 e. The maximum absolute atomic E-state index is 12.5. The third-order valence-electron chi connectivity index (χ3n) is 4.34. The van der Waals surface area contributed by atoms with Crippen molar-refractivity contribution in [3.63, 3.8) is 0 Å². The van der Waals surface area contributed by atoms with E-state index < -0.39 is 0 Å². The van der Waals surface area contributed by atoms with Gasteiger partial charge in [0.25, 0.3) is 5.91 Å². The Morgan fingerprint density at radius 2 is 1.71 bits per heavy atom. The van der Waals surface area contributed by atoms with Crippen LogP contribution in [0.4, 0.5) is 5.69 Å². The molecule has 0 bridgehead atoms. The average molecular weight is 477 g/mol. The number of carbonyl (C=O) groups is 1. The lowest BCUT2D eigenvalue weighted by atomic mass is 10.2. The van der Waals surface area contributed by atoms with Crippen LogP contribution in [0.1, 0.15) is 16.1 Å². The summed E-state index contributed by atoms with van der Waals surface area (Å²) in [5, 5.41) is 12.8. The Kier molecular flexibility index (Phi) is 6.46. The van der Waals surface area contributed by atoms with Gasteiger partial charge in [0.1, 0.15) is 5.75 Å². The lowest BCUT2D eigenvalue weighted by molar-refractivity contribution is 0.102. The monoisotopic (exact) mass is 475 g/mol. The molecule has 0 fully saturated rings. The highest BCUT2D eigenvalue weighted by atomic mass is 35.5. The minimum absolute atomic E-state index is 0.119. The van der Waals surface area contributed by atoms with E-state index in [0.29, 0.717) is 33.0 Å². The number of benzene rings is 2. The number of nitrogens with zero attached hydrogens (tertiary/aromatic N) is 4. The Bertz CT molecular complexity index is 1200. The molecule has 1 N–H and O–H groups in total. The summed E-state index contributed by atoms with van der Waals surface area (Å²) < 4.78 is 8.75. The van der Waals surface area contributed by atoms with E-state index in [0.717, 1.165) is 5.56 Å². The van der Waals surface area contributed by atoms with Crippen molar-refractivity contribution in [1.82, 2.24) is 19.6 Å². The van der Waals surface area contributed by atoms with E-state index in [4.69, 9.17) is 39.5 Å². The molecule has 0 spiro atoms. The van der Waals surface area contributed by atoms with E-state index in [1.165, 1.54) is 4.68 Å². The average Bonchev–Trinajstić information content (AvgIpc) is 3.40. The summed E-state index contributed by atoms with van der Waals surface area (Å²) in [4.78, 5) is 12.5. The summed E-state index contributed by atoms with van der Waals surface area (Å²) in [6, 6.07) is 14.0. The fourth-order valence-corrected chi connectivity index (χ4v) is 3.51. The van der Waals surface area contributed by atoms with E-state index >= 15 is 0 Å². The van der Waals surface area contributed by atoms with Gasteiger partial charge in [0.15, 0.2) is 12.4 Å². The molecule has 4 aromatic rings. The standard InChI is InChI=1S/C21H16Cl3N5O2/c22-16-5-3-6-17(23)15(16)12-29-11-14(10-25-29)26-21(30)19-8-9-28(27-19)13-31-20-7-2-1-4-18(20)24/h1-11H,12-13H2,(H,26,30). The highest BCUT2D eigenvalue weighted by Gasteiger charge is 2.13.